The molecule has 2 aliphatic heterocycles. The van der Waals surface area contributed by atoms with Crippen molar-refractivity contribution >= 4 is 10.0 Å². The Morgan fingerprint density at radius 1 is 1.15 bits per heavy atom. The topological polar surface area (TPSA) is 52.6 Å². The zero-order valence-electron chi connectivity index (χ0n) is 13.2. The molecule has 0 unspecified atom stereocenters. The Hall–Kier alpha value is -0.170. The summed E-state index contributed by atoms with van der Waals surface area (Å²) < 4.78 is 26.8. The van der Waals surface area contributed by atoms with Crippen LogP contribution in [-0.2, 0) is 10.0 Å². The van der Waals surface area contributed by atoms with Crippen LogP contribution in [0.4, 0.5) is 0 Å². The normalized spacial score (nSPS) is 29.4. The number of likely N-dealkylation sites (tertiary alicyclic amines) is 1. The van der Waals surface area contributed by atoms with Crippen LogP contribution in [-0.4, -0.2) is 67.2 Å². The summed E-state index contributed by atoms with van der Waals surface area (Å²) in [6.45, 7) is 12.0. The van der Waals surface area contributed by atoms with E-state index in [9.17, 15) is 8.42 Å². The number of sulfonamides is 1. The van der Waals surface area contributed by atoms with Gasteiger partial charge in [0.2, 0.25) is 10.0 Å². The van der Waals surface area contributed by atoms with Crippen molar-refractivity contribution in [1.82, 2.24) is 14.5 Å². The van der Waals surface area contributed by atoms with Gasteiger partial charge >= 0.3 is 0 Å². The van der Waals surface area contributed by atoms with Crippen molar-refractivity contribution in [1.29, 1.82) is 0 Å². The smallest absolute Gasteiger partial charge is 0.220 e. The maximum absolute atomic E-state index is 12.8. The van der Waals surface area contributed by atoms with Crippen LogP contribution in [0.2, 0.25) is 0 Å². The fourth-order valence-electron chi connectivity index (χ4n) is 3.18. The summed E-state index contributed by atoms with van der Waals surface area (Å²) in [4.78, 5) is 2.43. The van der Waals surface area contributed by atoms with Gasteiger partial charge in [0, 0.05) is 31.7 Å². The van der Waals surface area contributed by atoms with E-state index in [2.05, 4.69) is 24.1 Å². The van der Waals surface area contributed by atoms with E-state index >= 15 is 0 Å². The molecular formula is C14H29N3O2S. The molecule has 2 rings (SSSR count). The maximum Gasteiger partial charge on any atom is 0.220 e. The van der Waals surface area contributed by atoms with Crippen LogP contribution in [0.15, 0.2) is 0 Å². The number of nitrogens with zero attached hydrogens (tertiary/aromatic N) is 2. The van der Waals surface area contributed by atoms with E-state index in [0.717, 1.165) is 32.5 Å². The molecule has 2 heterocycles. The second-order valence-corrected chi connectivity index (χ2v) is 9.44. The standard InChI is InChI=1S/C14H29N3O2S/c1-12(2)16-8-5-13(6-9-16)17-10-7-15-11-14(3,4)20(17,18)19/h12-13,15H,5-11H2,1-4H3. The average Bonchev–Trinajstić information content (AvgIpc) is 2.47. The molecule has 0 aromatic rings. The lowest BCUT2D eigenvalue weighted by atomic mass is 10.0. The molecule has 0 spiro atoms. The predicted molar refractivity (Wildman–Crippen MR) is 82.3 cm³/mol. The highest BCUT2D eigenvalue weighted by Gasteiger charge is 2.44. The van der Waals surface area contributed by atoms with E-state index in [-0.39, 0.29) is 6.04 Å². The Balaban J connectivity index is 2.12. The lowest BCUT2D eigenvalue weighted by Gasteiger charge is -2.40. The van der Waals surface area contributed by atoms with Crippen molar-refractivity contribution in [3.8, 4) is 0 Å². The van der Waals surface area contributed by atoms with Crippen LogP contribution in [0, 0.1) is 0 Å². The first-order valence-electron chi connectivity index (χ1n) is 7.72. The van der Waals surface area contributed by atoms with Gasteiger partial charge in [-0.1, -0.05) is 0 Å². The summed E-state index contributed by atoms with van der Waals surface area (Å²) in [6.07, 6.45) is 1.90. The van der Waals surface area contributed by atoms with Crippen LogP contribution >= 0.6 is 0 Å². The number of hydrogen-bond donors (Lipinski definition) is 1. The van der Waals surface area contributed by atoms with E-state index in [4.69, 9.17) is 0 Å². The highest BCUT2D eigenvalue weighted by molar-refractivity contribution is 7.90. The predicted octanol–water partition coefficient (Wildman–Crippen LogP) is 0.873. The molecule has 20 heavy (non-hydrogen) atoms. The van der Waals surface area contributed by atoms with Crippen molar-refractivity contribution in [2.24, 2.45) is 0 Å². The Bertz CT molecular complexity index is 426. The minimum absolute atomic E-state index is 0.175. The zero-order chi connectivity index (χ0) is 15.0. The third-order valence-corrected chi connectivity index (χ3v) is 7.34. The molecule has 0 aromatic heterocycles. The molecule has 6 heteroatoms. The molecule has 0 atom stereocenters. The van der Waals surface area contributed by atoms with Crippen LogP contribution in [0.1, 0.15) is 40.5 Å². The first-order chi connectivity index (χ1) is 9.25. The van der Waals surface area contributed by atoms with Crippen LogP contribution in [0.3, 0.4) is 0 Å². The molecule has 1 N–H and O–H groups in total. The third-order valence-electron chi connectivity index (χ3n) is 4.70. The quantitative estimate of drug-likeness (QED) is 0.822. The average molecular weight is 303 g/mol. The van der Waals surface area contributed by atoms with Gasteiger partial charge in [-0.15, -0.1) is 0 Å². The molecule has 0 saturated carbocycles. The molecule has 0 aliphatic carbocycles. The second kappa shape index (κ2) is 5.91. The first kappa shape index (κ1) is 16.2. The van der Waals surface area contributed by atoms with Crippen molar-refractivity contribution in [2.75, 3.05) is 32.7 Å². The van der Waals surface area contributed by atoms with Crippen molar-refractivity contribution in [3.05, 3.63) is 0 Å². The first-order valence-corrected chi connectivity index (χ1v) is 9.16. The molecule has 0 radical (unpaired) electrons. The highest BCUT2D eigenvalue weighted by atomic mass is 32.2. The van der Waals surface area contributed by atoms with Crippen molar-refractivity contribution in [3.63, 3.8) is 0 Å². The minimum atomic E-state index is -3.22. The van der Waals surface area contributed by atoms with Gasteiger partial charge in [0.25, 0.3) is 0 Å². The Morgan fingerprint density at radius 2 is 1.75 bits per heavy atom. The second-order valence-electron chi connectivity index (χ2n) is 6.91. The van der Waals surface area contributed by atoms with Crippen LogP contribution in [0.5, 0.6) is 0 Å². The zero-order valence-corrected chi connectivity index (χ0v) is 14.0. The van der Waals surface area contributed by atoms with Gasteiger partial charge in [-0.05, 0) is 53.6 Å². The van der Waals surface area contributed by atoms with E-state index in [1.165, 1.54) is 0 Å². The molecule has 2 saturated heterocycles. The molecule has 2 fully saturated rings. The fraction of sp³-hybridized carbons (Fsp3) is 1.00. The molecule has 2 aliphatic rings. The van der Waals surface area contributed by atoms with Gasteiger partial charge in [0.05, 0.1) is 4.75 Å². The molecule has 5 nitrogen and oxygen atoms in total. The van der Waals surface area contributed by atoms with Gasteiger partial charge < -0.3 is 10.2 Å². The number of rotatable bonds is 2. The van der Waals surface area contributed by atoms with Gasteiger partial charge in [-0.25, -0.2) is 8.42 Å². The van der Waals surface area contributed by atoms with Crippen LogP contribution in [0.25, 0.3) is 0 Å². The molecule has 0 bridgehead atoms. The molecule has 0 amide bonds. The van der Waals surface area contributed by atoms with Gasteiger partial charge in [0.1, 0.15) is 0 Å². The van der Waals surface area contributed by atoms with E-state index in [1.54, 1.807) is 4.31 Å². The fourth-order valence-corrected chi connectivity index (χ4v) is 5.03. The van der Waals surface area contributed by atoms with E-state index in [0.29, 0.717) is 19.1 Å². The minimum Gasteiger partial charge on any atom is -0.314 e. The number of nitrogens with one attached hydrogen (secondary N) is 1. The summed E-state index contributed by atoms with van der Waals surface area (Å²) in [5.74, 6) is 0. The Morgan fingerprint density at radius 3 is 2.30 bits per heavy atom. The monoisotopic (exact) mass is 303 g/mol. The highest BCUT2D eigenvalue weighted by Crippen LogP contribution is 2.28. The van der Waals surface area contributed by atoms with Gasteiger partial charge in [-0.2, -0.15) is 4.31 Å². The molecule has 118 valence electrons. The van der Waals surface area contributed by atoms with Crippen LogP contribution < -0.4 is 5.32 Å². The van der Waals surface area contributed by atoms with Gasteiger partial charge in [0.15, 0.2) is 0 Å². The number of piperidine rings is 1. The van der Waals surface area contributed by atoms with Gasteiger partial charge in [-0.3, -0.25) is 0 Å². The largest absolute Gasteiger partial charge is 0.314 e. The summed E-state index contributed by atoms with van der Waals surface area (Å²) in [5, 5.41) is 3.26. The lowest BCUT2D eigenvalue weighted by Crippen LogP contribution is -2.53. The SMILES string of the molecule is CC(C)N1CCC(N2CCNCC(C)(C)S2(=O)=O)CC1. The number of hydrogen-bond acceptors (Lipinski definition) is 4. The van der Waals surface area contributed by atoms with E-state index in [1.807, 2.05) is 13.8 Å². The Kier molecular flexibility index (Phi) is 4.79. The maximum atomic E-state index is 12.8. The molecule has 0 aromatic carbocycles. The summed E-state index contributed by atoms with van der Waals surface area (Å²) in [6, 6.07) is 0.726. The van der Waals surface area contributed by atoms with E-state index < -0.39 is 14.8 Å². The summed E-state index contributed by atoms with van der Waals surface area (Å²) in [5.41, 5.74) is 0. The summed E-state index contributed by atoms with van der Waals surface area (Å²) >= 11 is 0. The van der Waals surface area contributed by atoms with Crippen molar-refractivity contribution in [2.45, 2.75) is 57.4 Å². The third kappa shape index (κ3) is 3.03. The van der Waals surface area contributed by atoms with Crippen molar-refractivity contribution < 1.29 is 8.42 Å². The Labute approximate surface area is 123 Å². The molecular weight excluding hydrogens is 274 g/mol. The lowest BCUT2D eigenvalue weighted by molar-refractivity contribution is 0.133. The summed E-state index contributed by atoms with van der Waals surface area (Å²) in [7, 11) is -3.22.